The van der Waals surface area contributed by atoms with Crippen molar-refractivity contribution in [2.24, 2.45) is 0 Å². The highest BCUT2D eigenvalue weighted by atomic mass is 31.2. The van der Waals surface area contributed by atoms with Gasteiger partial charge in [-0.25, -0.2) is 14.1 Å². The van der Waals surface area contributed by atoms with Gasteiger partial charge < -0.3 is 29.2 Å². The number of nitrogens with one attached hydrogen (secondary N) is 1. The van der Waals surface area contributed by atoms with Crippen molar-refractivity contribution in [2.45, 2.75) is 108 Å². The van der Waals surface area contributed by atoms with Crippen LogP contribution in [0.1, 0.15) is 72.1 Å². The zero-order valence-electron chi connectivity index (χ0n) is 27.3. The van der Waals surface area contributed by atoms with Crippen LogP contribution < -0.4 is 15.3 Å². The molecule has 252 valence electrons. The van der Waals surface area contributed by atoms with E-state index in [4.69, 9.17) is 33.7 Å². The maximum absolute atomic E-state index is 14.4. The molecular formula is C32H41N6O8P. The molecule has 0 amide bonds. The minimum atomic E-state index is -4.27. The van der Waals surface area contributed by atoms with Crippen molar-refractivity contribution < 1.29 is 37.4 Å². The number of benzene rings is 1. The summed E-state index contributed by atoms with van der Waals surface area (Å²) in [4.78, 5) is 16.9. The Balaban J connectivity index is 1.28. The van der Waals surface area contributed by atoms with Crippen molar-refractivity contribution in [3.8, 4) is 11.8 Å². The predicted octanol–water partition coefficient (Wildman–Crippen LogP) is 4.52. The van der Waals surface area contributed by atoms with Gasteiger partial charge in [0.1, 0.15) is 54.1 Å². The number of carbonyl (C=O) groups is 1. The summed E-state index contributed by atoms with van der Waals surface area (Å²) < 4.78 is 52.3. The number of nitriles is 1. The average Bonchev–Trinajstić information content (AvgIpc) is 3.64. The fraction of sp³-hybridized carbons (Fsp3) is 0.562. The van der Waals surface area contributed by atoms with Gasteiger partial charge in [-0.05, 0) is 75.3 Å². The quantitative estimate of drug-likeness (QED) is 0.227. The first-order chi connectivity index (χ1) is 22.1. The lowest BCUT2D eigenvalue weighted by Gasteiger charge is -2.30. The number of ether oxygens (including phenoxy) is 4. The Morgan fingerprint density at radius 1 is 1.19 bits per heavy atom. The zero-order chi connectivity index (χ0) is 33.8. The molecule has 15 heteroatoms. The van der Waals surface area contributed by atoms with Crippen molar-refractivity contribution >= 4 is 25.1 Å². The van der Waals surface area contributed by atoms with E-state index in [-0.39, 0.29) is 29.7 Å². The van der Waals surface area contributed by atoms with Gasteiger partial charge in [-0.3, -0.25) is 9.32 Å². The van der Waals surface area contributed by atoms with E-state index in [0.29, 0.717) is 11.2 Å². The van der Waals surface area contributed by atoms with E-state index in [1.165, 1.54) is 17.8 Å². The van der Waals surface area contributed by atoms with Crippen molar-refractivity contribution in [3.05, 3.63) is 54.0 Å². The molecule has 0 radical (unpaired) electrons. The van der Waals surface area contributed by atoms with Gasteiger partial charge in [-0.2, -0.15) is 15.4 Å². The Labute approximate surface area is 273 Å². The number of rotatable bonds is 10. The highest BCUT2D eigenvalue weighted by Gasteiger charge is 2.65. The number of esters is 1. The first-order valence-corrected chi connectivity index (χ1v) is 17.2. The van der Waals surface area contributed by atoms with Gasteiger partial charge in [0.05, 0.1) is 12.3 Å². The summed E-state index contributed by atoms with van der Waals surface area (Å²) in [6.07, 6.45) is 1.02. The van der Waals surface area contributed by atoms with E-state index in [0.717, 1.165) is 24.8 Å². The van der Waals surface area contributed by atoms with Crippen LogP contribution in [0.15, 0.2) is 42.7 Å². The molecule has 4 heterocycles. The van der Waals surface area contributed by atoms with Crippen molar-refractivity contribution in [2.75, 3.05) is 12.3 Å². The van der Waals surface area contributed by atoms with Gasteiger partial charge in [0.15, 0.2) is 11.6 Å². The molecule has 2 aromatic heterocycles. The van der Waals surface area contributed by atoms with Crippen LogP contribution in [0, 0.1) is 11.3 Å². The van der Waals surface area contributed by atoms with Crippen molar-refractivity contribution in [3.63, 3.8) is 0 Å². The Bertz CT molecular complexity index is 1730. The van der Waals surface area contributed by atoms with Crippen LogP contribution >= 0.6 is 7.75 Å². The fourth-order valence-corrected chi connectivity index (χ4v) is 7.43. The Hall–Kier alpha value is -3.57. The second-order valence-corrected chi connectivity index (χ2v) is 15.4. The summed E-state index contributed by atoms with van der Waals surface area (Å²) in [5.41, 5.74) is 6.13. The molecule has 0 spiro atoms. The molecule has 0 bridgehead atoms. The van der Waals surface area contributed by atoms with E-state index in [2.05, 4.69) is 42.0 Å². The average molecular weight is 669 g/mol. The number of anilines is 1. The lowest BCUT2D eigenvalue weighted by Crippen LogP contribution is -2.40. The molecule has 2 aliphatic heterocycles. The summed E-state index contributed by atoms with van der Waals surface area (Å²) in [6.45, 7) is 10.9. The van der Waals surface area contributed by atoms with Gasteiger partial charge in [0.25, 0.3) is 0 Å². The Morgan fingerprint density at radius 3 is 2.55 bits per heavy atom. The molecule has 3 N–H and O–H groups in total. The Morgan fingerprint density at radius 2 is 1.91 bits per heavy atom. The van der Waals surface area contributed by atoms with Gasteiger partial charge in [0, 0.05) is 0 Å². The molecular weight excluding hydrogens is 627 g/mol. The SMILES string of the molecule is C[C@H](NP(=O)(OC[C@H]1O[C@@](C#N)(c2ccc3c(N)ncnn23)[C@@H]2OC(C)(C)O[C@@H]21)Oc1ccc(C(C)(C)C)cc1)C(=O)OC1CCC1. The minimum Gasteiger partial charge on any atom is -0.461 e. The molecule has 1 aliphatic carbocycles. The van der Waals surface area contributed by atoms with Crippen LogP contribution in [0.25, 0.3) is 5.52 Å². The summed E-state index contributed by atoms with van der Waals surface area (Å²) in [6, 6.07) is 11.8. The van der Waals surface area contributed by atoms with E-state index >= 15 is 0 Å². The van der Waals surface area contributed by atoms with Crippen LogP contribution in [0.5, 0.6) is 5.75 Å². The third-order valence-corrected chi connectivity index (χ3v) is 10.3. The standard InChI is InChI=1S/C32H41N6O8P/c1-19(29(39)42-21-8-7-9-21)37-47(40,46-22-12-10-20(11-13-22)30(2,3)4)41-16-24-26-27(45-31(5,6)44-26)32(17-33,43-24)25-15-14-23-28(34)35-18-36-38(23)25/h10-15,18-19,21,24,26-27H,7-9,16H2,1-6H3,(H,37,40)(H2,34,35,36)/t19-,24+,26+,27+,32-,47?/m0/s1. The van der Waals surface area contributed by atoms with Crippen LogP contribution in [0.2, 0.25) is 0 Å². The number of fused-ring (bicyclic) bond motifs is 2. The molecule has 47 heavy (non-hydrogen) atoms. The lowest BCUT2D eigenvalue weighted by atomic mass is 9.87. The van der Waals surface area contributed by atoms with Crippen LogP contribution in [-0.4, -0.2) is 63.4 Å². The highest BCUT2D eigenvalue weighted by Crippen LogP contribution is 2.51. The zero-order valence-corrected chi connectivity index (χ0v) is 28.2. The third-order valence-electron chi connectivity index (χ3n) is 8.66. The van der Waals surface area contributed by atoms with Gasteiger partial charge in [0.2, 0.25) is 5.60 Å². The predicted molar refractivity (Wildman–Crippen MR) is 169 cm³/mol. The molecule has 1 saturated carbocycles. The van der Waals surface area contributed by atoms with E-state index < -0.39 is 49.5 Å². The minimum absolute atomic E-state index is 0.111. The first kappa shape index (κ1) is 33.3. The number of hydrogen-bond acceptors (Lipinski definition) is 12. The molecule has 3 fully saturated rings. The molecule has 1 unspecified atom stereocenters. The number of carbonyl (C=O) groups excluding carboxylic acids is 1. The maximum Gasteiger partial charge on any atom is 0.459 e. The van der Waals surface area contributed by atoms with Crippen LogP contribution in [0.3, 0.4) is 0 Å². The Kier molecular flexibility index (Phi) is 8.62. The van der Waals surface area contributed by atoms with Gasteiger partial charge >= 0.3 is 13.7 Å². The number of nitrogen functional groups attached to an aromatic ring is 1. The van der Waals surface area contributed by atoms with Crippen molar-refractivity contribution in [1.29, 1.82) is 5.26 Å². The van der Waals surface area contributed by atoms with E-state index in [1.54, 1.807) is 38.1 Å². The van der Waals surface area contributed by atoms with E-state index in [9.17, 15) is 14.6 Å². The normalized spacial score (nSPS) is 27.4. The second-order valence-electron chi connectivity index (χ2n) is 13.7. The summed E-state index contributed by atoms with van der Waals surface area (Å²) in [7, 11) is -4.27. The number of aromatic nitrogens is 3. The largest absolute Gasteiger partial charge is 0.461 e. The highest BCUT2D eigenvalue weighted by molar-refractivity contribution is 7.52. The monoisotopic (exact) mass is 668 g/mol. The smallest absolute Gasteiger partial charge is 0.459 e. The number of nitrogens with zero attached hydrogens (tertiary/aromatic N) is 4. The summed E-state index contributed by atoms with van der Waals surface area (Å²) in [5, 5.41) is 17.7. The molecule has 2 saturated heterocycles. The molecule has 6 rings (SSSR count). The lowest BCUT2D eigenvalue weighted by molar-refractivity contribution is -0.204. The molecule has 14 nitrogen and oxygen atoms in total. The van der Waals surface area contributed by atoms with Crippen LogP contribution in [0.4, 0.5) is 5.82 Å². The first-order valence-electron chi connectivity index (χ1n) is 15.7. The third kappa shape index (κ3) is 6.48. The molecule has 3 aliphatic rings. The van der Waals surface area contributed by atoms with Crippen molar-refractivity contribution in [1.82, 2.24) is 19.7 Å². The second kappa shape index (κ2) is 12.1. The molecule has 1 aromatic carbocycles. The van der Waals surface area contributed by atoms with Gasteiger partial charge in [-0.1, -0.05) is 32.9 Å². The summed E-state index contributed by atoms with van der Waals surface area (Å²) in [5.74, 6) is -1.15. The molecule has 6 atom stereocenters. The molecule has 3 aromatic rings. The maximum atomic E-state index is 14.4. The number of hydrogen-bond donors (Lipinski definition) is 2. The number of nitrogens with two attached hydrogens (primary N) is 1. The van der Waals surface area contributed by atoms with E-state index in [1.807, 2.05) is 12.1 Å². The van der Waals surface area contributed by atoms with Gasteiger partial charge in [-0.15, -0.1) is 0 Å². The van der Waals surface area contributed by atoms with Crippen LogP contribution in [-0.2, 0) is 43.8 Å². The fourth-order valence-electron chi connectivity index (χ4n) is 5.93. The topological polar surface area (TPSA) is 182 Å². The summed E-state index contributed by atoms with van der Waals surface area (Å²) >= 11 is 0.